The Hall–Kier alpha value is -5.68. The van der Waals surface area contributed by atoms with E-state index in [0.717, 1.165) is 27.5 Å². The second-order valence-corrected chi connectivity index (χ2v) is 13.5. The first-order chi connectivity index (χ1) is 24.8. The Balaban J connectivity index is 1.16. The van der Waals surface area contributed by atoms with Gasteiger partial charge in [-0.05, 0) is 90.0 Å². The Morgan fingerprint density at radius 2 is 1.47 bits per heavy atom. The maximum Gasteiger partial charge on any atom is 0.272 e. The van der Waals surface area contributed by atoms with Crippen LogP contribution in [0.3, 0.4) is 0 Å². The van der Waals surface area contributed by atoms with Gasteiger partial charge in [0.15, 0.2) is 5.13 Å². The Morgan fingerprint density at radius 3 is 2.14 bits per heavy atom. The molecule has 1 aromatic heterocycles. The highest BCUT2D eigenvalue weighted by molar-refractivity contribution is 8.00. The minimum atomic E-state index is -0.581. The molecule has 0 saturated heterocycles. The second kappa shape index (κ2) is 16.8. The highest BCUT2D eigenvalue weighted by Crippen LogP contribution is 2.37. The first-order valence-electron chi connectivity index (χ1n) is 15.7. The highest BCUT2D eigenvalue weighted by atomic mass is 35.5. The lowest BCUT2D eigenvalue weighted by Crippen LogP contribution is -2.30. The summed E-state index contributed by atoms with van der Waals surface area (Å²) in [5, 5.41) is 11.0. The van der Waals surface area contributed by atoms with E-state index in [4.69, 9.17) is 16.3 Å². The molecule has 0 bridgehead atoms. The van der Waals surface area contributed by atoms with E-state index in [2.05, 4.69) is 20.9 Å². The van der Waals surface area contributed by atoms with Gasteiger partial charge < -0.3 is 20.7 Å². The molecule has 0 radical (unpaired) electrons. The van der Waals surface area contributed by atoms with Crippen molar-refractivity contribution in [3.63, 3.8) is 0 Å². The molecule has 5 aromatic carbocycles. The van der Waals surface area contributed by atoms with Gasteiger partial charge in [0.25, 0.3) is 11.8 Å². The number of anilines is 2. The van der Waals surface area contributed by atoms with Crippen LogP contribution in [-0.4, -0.2) is 29.8 Å². The van der Waals surface area contributed by atoms with Gasteiger partial charge in [-0.1, -0.05) is 72.3 Å². The molecule has 51 heavy (non-hydrogen) atoms. The molecule has 1 heterocycles. The molecule has 0 aliphatic heterocycles. The molecule has 6 aromatic rings. The summed E-state index contributed by atoms with van der Waals surface area (Å²) in [6, 6.07) is 39.8. The van der Waals surface area contributed by atoms with Crippen molar-refractivity contribution in [3.8, 4) is 17.0 Å². The fourth-order valence-electron chi connectivity index (χ4n) is 4.92. The molecule has 3 N–H and O–H groups in total. The maximum atomic E-state index is 13.7. The normalized spacial score (nSPS) is 11.7. The third-order valence-electron chi connectivity index (χ3n) is 7.54. The third-order valence-corrected chi connectivity index (χ3v) is 9.81. The Bertz CT molecular complexity index is 2140. The summed E-state index contributed by atoms with van der Waals surface area (Å²) < 4.78 is 5.25. The Morgan fingerprint density at radius 1 is 0.804 bits per heavy atom. The zero-order valence-electron chi connectivity index (χ0n) is 27.2. The number of rotatable bonds is 12. The Labute approximate surface area is 308 Å². The van der Waals surface area contributed by atoms with Crippen LogP contribution in [-0.2, 0) is 9.59 Å². The number of thiazole rings is 1. The van der Waals surface area contributed by atoms with Crippen molar-refractivity contribution in [3.05, 3.63) is 166 Å². The number of methoxy groups -OCH3 is 1. The molecule has 8 nitrogen and oxygen atoms in total. The molecule has 0 aliphatic rings. The first-order valence-corrected chi connectivity index (χ1v) is 17.9. The largest absolute Gasteiger partial charge is 0.497 e. The van der Waals surface area contributed by atoms with Crippen LogP contribution in [0.5, 0.6) is 5.75 Å². The fourth-order valence-corrected chi connectivity index (χ4v) is 6.79. The molecule has 1 unspecified atom stereocenters. The number of nitrogens with one attached hydrogen (secondary N) is 3. The van der Waals surface area contributed by atoms with Crippen LogP contribution in [0.1, 0.15) is 26.7 Å². The zero-order valence-corrected chi connectivity index (χ0v) is 29.6. The minimum Gasteiger partial charge on any atom is -0.497 e. The average Bonchev–Trinajstić information content (AvgIpc) is 3.64. The number of benzene rings is 5. The lowest BCUT2D eigenvalue weighted by Gasteiger charge is -2.17. The molecule has 0 aliphatic carbocycles. The van der Waals surface area contributed by atoms with Crippen LogP contribution in [0.25, 0.3) is 17.3 Å². The van der Waals surface area contributed by atoms with E-state index in [1.54, 1.807) is 73.8 Å². The number of aromatic nitrogens is 1. The van der Waals surface area contributed by atoms with E-state index in [1.807, 2.05) is 78.2 Å². The SMILES string of the molecule is COc1ccc(-c2csc(NC(=O)C(Sc3ccc(NC(=O)/C(=C/c4ccc(Cl)cc4)NC(=O)c4ccccc4)cc3)c3ccccc3)n2)cc1. The predicted molar refractivity (Wildman–Crippen MR) is 206 cm³/mol. The molecule has 3 amide bonds. The molecular formula is C40H31ClN4O4S2. The van der Waals surface area contributed by atoms with E-state index in [9.17, 15) is 14.4 Å². The number of halogens is 1. The summed E-state index contributed by atoms with van der Waals surface area (Å²) in [6.45, 7) is 0. The van der Waals surface area contributed by atoms with Crippen molar-refractivity contribution in [2.45, 2.75) is 10.1 Å². The predicted octanol–water partition coefficient (Wildman–Crippen LogP) is 9.35. The average molecular weight is 731 g/mol. The van der Waals surface area contributed by atoms with Gasteiger partial charge in [0, 0.05) is 32.1 Å². The smallest absolute Gasteiger partial charge is 0.272 e. The molecule has 1 atom stereocenters. The quantitative estimate of drug-likeness (QED) is 0.0856. The molecular weight excluding hydrogens is 700 g/mol. The number of nitrogens with zero attached hydrogens (tertiary/aromatic N) is 1. The van der Waals surface area contributed by atoms with Gasteiger partial charge in [0.05, 0.1) is 12.8 Å². The number of hydrogen-bond donors (Lipinski definition) is 3. The van der Waals surface area contributed by atoms with Crippen molar-refractivity contribution in [2.75, 3.05) is 17.7 Å². The van der Waals surface area contributed by atoms with Gasteiger partial charge >= 0.3 is 0 Å². The maximum absolute atomic E-state index is 13.7. The fraction of sp³-hybridized carbons (Fsp3) is 0.0500. The molecule has 11 heteroatoms. The topological polar surface area (TPSA) is 109 Å². The third kappa shape index (κ3) is 9.52. The van der Waals surface area contributed by atoms with Crippen molar-refractivity contribution in [1.29, 1.82) is 0 Å². The molecule has 0 fully saturated rings. The number of carbonyl (C=O) groups is 3. The zero-order chi connectivity index (χ0) is 35.6. The summed E-state index contributed by atoms with van der Waals surface area (Å²) in [4.78, 5) is 45.6. The number of ether oxygens (including phenoxy) is 1. The van der Waals surface area contributed by atoms with Gasteiger partial charge in [0.2, 0.25) is 5.91 Å². The standard InChI is InChI=1S/C40H31ClN4O4S2/c1-49-32-20-14-27(15-21-32)35-25-50-40(44-35)45-39(48)36(28-8-4-2-5-9-28)51-33-22-18-31(19-23-33)42-38(47)34(24-26-12-16-30(41)17-13-26)43-37(46)29-10-6-3-7-11-29/h2-25,36H,1H3,(H,42,47)(H,43,46)(H,44,45,48)/b34-24-. The van der Waals surface area contributed by atoms with E-state index in [-0.39, 0.29) is 11.6 Å². The van der Waals surface area contributed by atoms with Gasteiger partial charge in [-0.15, -0.1) is 23.1 Å². The van der Waals surface area contributed by atoms with E-state index in [1.165, 1.54) is 23.1 Å². The van der Waals surface area contributed by atoms with Crippen molar-refractivity contribution in [2.24, 2.45) is 0 Å². The van der Waals surface area contributed by atoms with E-state index < -0.39 is 17.1 Å². The molecule has 254 valence electrons. The summed E-state index contributed by atoms with van der Waals surface area (Å²) in [7, 11) is 1.62. The Kier molecular flexibility index (Phi) is 11.6. The number of thioether (sulfide) groups is 1. The molecule has 6 rings (SSSR count). The summed E-state index contributed by atoms with van der Waals surface area (Å²) in [5.74, 6) is -0.389. The van der Waals surface area contributed by atoms with Crippen molar-refractivity contribution in [1.82, 2.24) is 10.3 Å². The van der Waals surface area contributed by atoms with Crippen LogP contribution in [0.4, 0.5) is 10.8 Å². The monoisotopic (exact) mass is 730 g/mol. The number of amides is 3. The van der Waals surface area contributed by atoms with E-state index in [0.29, 0.717) is 27.0 Å². The second-order valence-electron chi connectivity index (χ2n) is 11.1. The van der Waals surface area contributed by atoms with Gasteiger partial charge in [-0.25, -0.2) is 4.98 Å². The van der Waals surface area contributed by atoms with Gasteiger partial charge in [0.1, 0.15) is 16.7 Å². The molecule has 0 spiro atoms. The van der Waals surface area contributed by atoms with Crippen LogP contribution >= 0.6 is 34.7 Å². The van der Waals surface area contributed by atoms with E-state index >= 15 is 0 Å². The lowest BCUT2D eigenvalue weighted by atomic mass is 10.1. The van der Waals surface area contributed by atoms with Crippen LogP contribution < -0.4 is 20.7 Å². The van der Waals surface area contributed by atoms with Gasteiger partial charge in [-0.3, -0.25) is 14.4 Å². The minimum absolute atomic E-state index is 0.0581. The number of hydrogen-bond acceptors (Lipinski definition) is 7. The van der Waals surface area contributed by atoms with Crippen LogP contribution in [0.15, 0.2) is 149 Å². The van der Waals surface area contributed by atoms with Crippen LogP contribution in [0.2, 0.25) is 5.02 Å². The molecule has 0 saturated carbocycles. The first kappa shape index (κ1) is 35.2. The lowest BCUT2D eigenvalue weighted by molar-refractivity contribution is -0.116. The number of carbonyl (C=O) groups excluding carboxylic acids is 3. The summed E-state index contributed by atoms with van der Waals surface area (Å²) >= 11 is 8.78. The summed E-state index contributed by atoms with van der Waals surface area (Å²) in [6.07, 6.45) is 1.59. The van der Waals surface area contributed by atoms with Crippen LogP contribution in [0, 0.1) is 0 Å². The van der Waals surface area contributed by atoms with Crippen molar-refractivity contribution >= 4 is 69.3 Å². The van der Waals surface area contributed by atoms with Crippen molar-refractivity contribution < 1.29 is 19.1 Å². The highest BCUT2D eigenvalue weighted by Gasteiger charge is 2.24. The summed E-state index contributed by atoms with van der Waals surface area (Å²) in [5.41, 5.74) is 4.17. The van der Waals surface area contributed by atoms with Gasteiger partial charge in [-0.2, -0.15) is 0 Å².